The molecule has 1 N–H and O–H groups in total. The van der Waals surface area contributed by atoms with E-state index < -0.39 is 0 Å². The number of nitrogens with one attached hydrogen (secondary N) is 1. The van der Waals surface area contributed by atoms with E-state index in [4.69, 9.17) is 0 Å². The standard InChI is InChI=1S/C7H14N2/c1-8-7-3-6(7)4-9(2)5-7/h6,8H,3-5H2,1-2H3. The van der Waals surface area contributed by atoms with Crippen LogP contribution >= 0.6 is 0 Å². The van der Waals surface area contributed by atoms with Gasteiger partial charge < -0.3 is 10.2 Å². The predicted octanol–water partition coefficient (Wildman–Crippen LogP) is -0.0901. The van der Waals surface area contributed by atoms with Gasteiger partial charge in [-0.2, -0.15) is 0 Å². The number of hydrogen-bond donors (Lipinski definition) is 1. The number of hydrogen-bond acceptors (Lipinski definition) is 2. The summed E-state index contributed by atoms with van der Waals surface area (Å²) < 4.78 is 0. The number of likely N-dealkylation sites (N-methyl/N-ethyl adjacent to an activating group) is 2. The first-order valence-corrected chi connectivity index (χ1v) is 3.64. The van der Waals surface area contributed by atoms with Crippen LogP contribution in [-0.2, 0) is 0 Å². The molecule has 2 aliphatic rings. The topological polar surface area (TPSA) is 15.3 Å². The number of piperidine rings is 1. The van der Waals surface area contributed by atoms with E-state index in [9.17, 15) is 0 Å². The molecule has 2 rings (SSSR count). The van der Waals surface area contributed by atoms with Gasteiger partial charge in [-0.25, -0.2) is 0 Å². The first-order chi connectivity index (χ1) is 4.27. The number of rotatable bonds is 1. The smallest absolute Gasteiger partial charge is 0.0351 e. The zero-order valence-corrected chi connectivity index (χ0v) is 6.15. The van der Waals surface area contributed by atoms with E-state index in [1.54, 1.807) is 0 Å². The van der Waals surface area contributed by atoms with Gasteiger partial charge in [0.15, 0.2) is 0 Å². The van der Waals surface area contributed by atoms with Gasteiger partial charge in [0, 0.05) is 18.6 Å². The zero-order chi connectivity index (χ0) is 6.48. The van der Waals surface area contributed by atoms with Gasteiger partial charge in [-0.05, 0) is 26.4 Å². The lowest BCUT2D eigenvalue weighted by Gasteiger charge is -2.14. The third-order valence-corrected chi connectivity index (χ3v) is 2.81. The third-order valence-electron chi connectivity index (χ3n) is 2.81. The molecule has 0 spiro atoms. The molecule has 2 fully saturated rings. The predicted molar refractivity (Wildman–Crippen MR) is 37.4 cm³/mol. The highest BCUT2D eigenvalue weighted by Crippen LogP contribution is 2.48. The second-order valence-electron chi connectivity index (χ2n) is 3.50. The van der Waals surface area contributed by atoms with Gasteiger partial charge in [0.05, 0.1) is 0 Å². The molecule has 9 heavy (non-hydrogen) atoms. The third kappa shape index (κ3) is 0.634. The van der Waals surface area contributed by atoms with Crippen molar-refractivity contribution in [3.05, 3.63) is 0 Å². The van der Waals surface area contributed by atoms with Gasteiger partial charge in [-0.1, -0.05) is 0 Å². The van der Waals surface area contributed by atoms with Crippen molar-refractivity contribution in [1.29, 1.82) is 0 Å². The quantitative estimate of drug-likeness (QED) is 0.528. The minimum Gasteiger partial charge on any atom is -0.313 e. The lowest BCUT2D eigenvalue weighted by molar-refractivity contribution is 0.351. The van der Waals surface area contributed by atoms with Crippen molar-refractivity contribution >= 4 is 0 Å². The molecule has 0 amide bonds. The molecule has 52 valence electrons. The molecule has 1 saturated carbocycles. The summed E-state index contributed by atoms with van der Waals surface area (Å²) in [5.74, 6) is 0.965. The van der Waals surface area contributed by atoms with Crippen LogP contribution in [-0.4, -0.2) is 37.6 Å². The van der Waals surface area contributed by atoms with Crippen molar-refractivity contribution in [2.24, 2.45) is 5.92 Å². The molecule has 2 unspecified atom stereocenters. The molecule has 2 nitrogen and oxygen atoms in total. The molecule has 1 aliphatic heterocycles. The highest BCUT2D eigenvalue weighted by molar-refractivity contribution is 5.16. The van der Waals surface area contributed by atoms with Gasteiger partial charge in [0.25, 0.3) is 0 Å². The Morgan fingerprint density at radius 2 is 2.44 bits per heavy atom. The van der Waals surface area contributed by atoms with E-state index in [2.05, 4.69) is 24.3 Å². The minimum absolute atomic E-state index is 0.550. The molecule has 0 aromatic carbocycles. The van der Waals surface area contributed by atoms with E-state index in [1.807, 2.05) is 0 Å². The van der Waals surface area contributed by atoms with Crippen LogP contribution in [0.15, 0.2) is 0 Å². The van der Waals surface area contributed by atoms with Gasteiger partial charge in [0.2, 0.25) is 0 Å². The van der Waals surface area contributed by atoms with Crippen molar-refractivity contribution in [2.75, 3.05) is 27.2 Å². The molecule has 1 aliphatic carbocycles. The van der Waals surface area contributed by atoms with Crippen LogP contribution in [0.5, 0.6) is 0 Å². The average Bonchev–Trinajstić information content (AvgIpc) is 2.38. The zero-order valence-electron chi connectivity index (χ0n) is 6.15. The van der Waals surface area contributed by atoms with Gasteiger partial charge in [-0.3, -0.25) is 0 Å². The molecular weight excluding hydrogens is 112 g/mol. The lowest BCUT2D eigenvalue weighted by atomic mass is 10.2. The monoisotopic (exact) mass is 126 g/mol. The van der Waals surface area contributed by atoms with E-state index in [0.29, 0.717) is 5.54 Å². The molecular formula is C7H14N2. The largest absolute Gasteiger partial charge is 0.313 e. The molecule has 1 heterocycles. The maximum Gasteiger partial charge on any atom is 0.0351 e. The van der Waals surface area contributed by atoms with Gasteiger partial charge >= 0.3 is 0 Å². The Morgan fingerprint density at radius 1 is 1.67 bits per heavy atom. The summed E-state index contributed by atoms with van der Waals surface area (Å²) in [6.07, 6.45) is 1.41. The van der Waals surface area contributed by atoms with Crippen LogP contribution in [0.25, 0.3) is 0 Å². The summed E-state index contributed by atoms with van der Waals surface area (Å²) in [6.45, 7) is 2.56. The Hall–Kier alpha value is -0.0800. The van der Waals surface area contributed by atoms with Crippen molar-refractivity contribution in [3.8, 4) is 0 Å². The fourth-order valence-corrected chi connectivity index (χ4v) is 2.12. The Morgan fingerprint density at radius 3 is 2.78 bits per heavy atom. The summed E-state index contributed by atoms with van der Waals surface area (Å²) in [6, 6.07) is 0. The molecule has 2 heteroatoms. The summed E-state index contributed by atoms with van der Waals surface area (Å²) in [5, 5.41) is 3.40. The Labute approximate surface area is 56.2 Å². The lowest BCUT2D eigenvalue weighted by Crippen LogP contribution is -2.34. The fraction of sp³-hybridized carbons (Fsp3) is 1.00. The SMILES string of the molecule is CNC12CC1CN(C)C2. The van der Waals surface area contributed by atoms with E-state index in [0.717, 1.165) is 5.92 Å². The summed E-state index contributed by atoms with van der Waals surface area (Å²) >= 11 is 0. The van der Waals surface area contributed by atoms with Crippen LogP contribution in [0.4, 0.5) is 0 Å². The van der Waals surface area contributed by atoms with Crippen LogP contribution in [0.3, 0.4) is 0 Å². The van der Waals surface area contributed by atoms with Gasteiger partial charge in [-0.15, -0.1) is 0 Å². The van der Waals surface area contributed by atoms with Crippen LogP contribution < -0.4 is 5.32 Å². The second-order valence-corrected chi connectivity index (χ2v) is 3.50. The summed E-state index contributed by atoms with van der Waals surface area (Å²) in [4.78, 5) is 2.41. The fourth-order valence-electron chi connectivity index (χ4n) is 2.12. The summed E-state index contributed by atoms with van der Waals surface area (Å²) in [5.41, 5.74) is 0.550. The maximum atomic E-state index is 3.40. The van der Waals surface area contributed by atoms with Crippen molar-refractivity contribution in [3.63, 3.8) is 0 Å². The number of fused-ring (bicyclic) bond motifs is 1. The molecule has 1 saturated heterocycles. The van der Waals surface area contributed by atoms with Crippen LogP contribution in [0, 0.1) is 5.92 Å². The van der Waals surface area contributed by atoms with Crippen LogP contribution in [0.2, 0.25) is 0 Å². The van der Waals surface area contributed by atoms with Crippen molar-refractivity contribution in [1.82, 2.24) is 10.2 Å². The van der Waals surface area contributed by atoms with Gasteiger partial charge in [0.1, 0.15) is 0 Å². The molecule has 2 atom stereocenters. The first-order valence-electron chi connectivity index (χ1n) is 3.64. The number of likely N-dealkylation sites (tertiary alicyclic amines) is 1. The van der Waals surface area contributed by atoms with E-state index in [-0.39, 0.29) is 0 Å². The van der Waals surface area contributed by atoms with Crippen LogP contribution in [0.1, 0.15) is 6.42 Å². The highest BCUT2D eigenvalue weighted by atomic mass is 15.2. The highest BCUT2D eigenvalue weighted by Gasteiger charge is 2.57. The van der Waals surface area contributed by atoms with E-state index in [1.165, 1.54) is 19.5 Å². The average molecular weight is 126 g/mol. The summed E-state index contributed by atoms with van der Waals surface area (Å²) in [7, 11) is 4.28. The Bertz CT molecular complexity index is 131. The molecule has 0 aromatic heterocycles. The molecule has 0 aromatic rings. The van der Waals surface area contributed by atoms with E-state index >= 15 is 0 Å². The molecule has 0 radical (unpaired) electrons. The first kappa shape index (κ1) is 5.69. The normalized spacial score (nSPS) is 49.3. The minimum atomic E-state index is 0.550. The van der Waals surface area contributed by atoms with Crippen molar-refractivity contribution < 1.29 is 0 Å². The number of nitrogens with zero attached hydrogens (tertiary/aromatic N) is 1. The maximum absolute atomic E-state index is 3.40. The Kier molecular flexibility index (Phi) is 0.945. The Balaban J connectivity index is 2.05. The molecule has 0 bridgehead atoms. The second kappa shape index (κ2) is 1.50. The van der Waals surface area contributed by atoms with Crippen molar-refractivity contribution in [2.45, 2.75) is 12.0 Å².